The van der Waals surface area contributed by atoms with E-state index in [1.165, 1.54) is 11.1 Å². The van der Waals surface area contributed by atoms with Crippen molar-refractivity contribution in [1.82, 2.24) is 9.55 Å². The van der Waals surface area contributed by atoms with Gasteiger partial charge in [0.15, 0.2) is 0 Å². The van der Waals surface area contributed by atoms with Crippen molar-refractivity contribution in [3.8, 4) is 5.82 Å². The Bertz CT molecular complexity index is 1180. The number of fused-ring (bicyclic) bond motifs is 1. The zero-order chi connectivity index (χ0) is 21.8. The molecule has 0 amide bonds. The molecule has 0 fully saturated rings. The molecule has 4 rings (SSSR count). The van der Waals surface area contributed by atoms with E-state index >= 15 is 0 Å². The van der Waals surface area contributed by atoms with E-state index in [-0.39, 0.29) is 6.42 Å². The Labute approximate surface area is 182 Å². The minimum atomic E-state index is -0.771. The predicted octanol–water partition coefficient (Wildman–Crippen LogP) is 4.89. The third kappa shape index (κ3) is 4.77. The summed E-state index contributed by atoms with van der Waals surface area (Å²) in [7, 11) is 4.00. The summed E-state index contributed by atoms with van der Waals surface area (Å²) < 4.78 is 2.13. The van der Waals surface area contributed by atoms with Gasteiger partial charge in [0.2, 0.25) is 0 Å². The van der Waals surface area contributed by atoms with Crippen LogP contribution in [0.2, 0.25) is 0 Å². The van der Waals surface area contributed by atoms with Crippen LogP contribution in [0, 0.1) is 0 Å². The zero-order valence-corrected chi connectivity index (χ0v) is 18.0. The maximum Gasteiger partial charge on any atom is 0.303 e. The van der Waals surface area contributed by atoms with Gasteiger partial charge in [0, 0.05) is 32.1 Å². The fourth-order valence-corrected chi connectivity index (χ4v) is 3.85. The van der Waals surface area contributed by atoms with Crippen LogP contribution in [-0.4, -0.2) is 34.7 Å². The van der Waals surface area contributed by atoms with Crippen molar-refractivity contribution in [1.29, 1.82) is 0 Å². The Morgan fingerprint density at radius 3 is 2.45 bits per heavy atom. The molecule has 2 aromatic carbocycles. The summed E-state index contributed by atoms with van der Waals surface area (Å²) >= 11 is 0. The molecule has 0 radical (unpaired) electrons. The number of carboxylic acids is 1. The number of benzene rings is 2. The number of aryl methyl sites for hydroxylation is 3. The summed E-state index contributed by atoms with van der Waals surface area (Å²) in [5.41, 5.74) is 5.74. The zero-order valence-electron chi connectivity index (χ0n) is 18.0. The third-order valence-corrected chi connectivity index (χ3v) is 5.60. The summed E-state index contributed by atoms with van der Waals surface area (Å²) in [5, 5.41) is 10.2. The molecule has 2 aromatic heterocycles. The van der Waals surface area contributed by atoms with E-state index in [4.69, 9.17) is 5.11 Å². The highest BCUT2D eigenvalue weighted by molar-refractivity contribution is 5.86. The van der Waals surface area contributed by atoms with Crippen molar-refractivity contribution >= 4 is 22.6 Å². The molecule has 2 heterocycles. The van der Waals surface area contributed by atoms with Crippen LogP contribution >= 0.6 is 0 Å². The Hall–Kier alpha value is -3.60. The molecule has 4 aromatic rings. The van der Waals surface area contributed by atoms with Gasteiger partial charge in [0.25, 0.3) is 0 Å². The summed E-state index contributed by atoms with van der Waals surface area (Å²) in [6.07, 6.45) is 6.58. The summed E-state index contributed by atoms with van der Waals surface area (Å²) in [5.74, 6) is 0.104. The minimum Gasteiger partial charge on any atom is -0.481 e. The van der Waals surface area contributed by atoms with Crippen LogP contribution in [0.15, 0.2) is 73.1 Å². The average molecular weight is 414 g/mol. The fraction of sp³-hybridized carbons (Fsp3) is 0.231. The molecule has 0 aliphatic carbocycles. The SMILES string of the molecule is CN(C)c1ccc(-n2cc(CCc3ccccc3)c3cc(CCC(=O)O)ccc32)nc1. The average Bonchev–Trinajstić information content (AvgIpc) is 3.15. The minimum absolute atomic E-state index is 0.138. The Morgan fingerprint density at radius 2 is 1.77 bits per heavy atom. The summed E-state index contributed by atoms with van der Waals surface area (Å²) in [6.45, 7) is 0. The van der Waals surface area contributed by atoms with Gasteiger partial charge in [-0.25, -0.2) is 4.98 Å². The number of nitrogens with zero attached hydrogens (tertiary/aromatic N) is 3. The first kappa shape index (κ1) is 20.7. The second-order valence-electron chi connectivity index (χ2n) is 8.02. The first-order chi connectivity index (χ1) is 15.0. The van der Waals surface area contributed by atoms with Crippen LogP contribution in [0.3, 0.4) is 0 Å². The van der Waals surface area contributed by atoms with Gasteiger partial charge in [0.05, 0.1) is 17.4 Å². The van der Waals surface area contributed by atoms with E-state index in [1.54, 1.807) is 0 Å². The van der Waals surface area contributed by atoms with E-state index in [0.29, 0.717) is 6.42 Å². The molecule has 0 unspecified atom stereocenters. The number of carbonyl (C=O) groups is 1. The van der Waals surface area contributed by atoms with Crippen LogP contribution < -0.4 is 4.90 Å². The molecule has 1 N–H and O–H groups in total. The second kappa shape index (κ2) is 9.04. The molecule has 0 saturated carbocycles. The van der Waals surface area contributed by atoms with Crippen molar-refractivity contribution in [3.05, 3.63) is 89.7 Å². The van der Waals surface area contributed by atoms with Crippen molar-refractivity contribution in [2.75, 3.05) is 19.0 Å². The van der Waals surface area contributed by atoms with Crippen molar-refractivity contribution in [2.45, 2.75) is 25.7 Å². The summed E-state index contributed by atoms with van der Waals surface area (Å²) in [4.78, 5) is 17.7. The number of aromatic nitrogens is 2. The lowest BCUT2D eigenvalue weighted by Crippen LogP contribution is -2.09. The number of hydrogen-bond donors (Lipinski definition) is 1. The summed E-state index contributed by atoms with van der Waals surface area (Å²) in [6, 6.07) is 20.8. The predicted molar refractivity (Wildman–Crippen MR) is 125 cm³/mol. The largest absolute Gasteiger partial charge is 0.481 e. The quantitative estimate of drug-likeness (QED) is 0.447. The lowest BCUT2D eigenvalue weighted by Gasteiger charge is -2.12. The molecule has 5 nitrogen and oxygen atoms in total. The molecule has 5 heteroatoms. The van der Waals surface area contributed by atoms with E-state index in [9.17, 15) is 4.79 Å². The Morgan fingerprint density at radius 1 is 0.968 bits per heavy atom. The normalized spacial score (nSPS) is 11.0. The van der Waals surface area contributed by atoms with Gasteiger partial charge in [0.1, 0.15) is 5.82 Å². The topological polar surface area (TPSA) is 58.4 Å². The number of carboxylic acid groups (broad SMARTS) is 1. The van der Waals surface area contributed by atoms with Crippen LogP contribution in [0.4, 0.5) is 5.69 Å². The van der Waals surface area contributed by atoms with Crippen LogP contribution in [0.5, 0.6) is 0 Å². The number of pyridine rings is 1. The second-order valence-corrected chi connectivity index (χ2v) is 8.02. The van der Waals surface area contributed by atoms with E-state index in [1.807, 2.05) is 43.4 Å². The van der Waals surface area contributed by atoms with Crippen molar-refractivity contribution < 1.29 is 9.90 Å². The Balaban J connectivity index is 1.72. The molecule has 158 valence electrons. The molecule has 0 spiro atoms. The molecule has 0 atom stereocenters. The molecular weight excluding hydrogens is 386 g/mol. The maximum atomic E-state index is 11.0. The highest BCUT2D eigenvalue weighted by Gasteiger charge is 2.13. The molecule has 0 aliphatic heterocycles. The molecule has 0 aliphatic rings. The van der Waals surface area contributed by atoms with Crippen molar-refractivity contribution in [3.63, 3.8) is 0 Å². The van der Waals surface area contributed by atoms with E-state index < -0.39 is 5.97 Å². The first-order valence-electron chi connectivity index (χ1n) is 10.5. The molecular formula is C26H27N3O2. The van der Waals surface area contributed by atoms with Gasteiger partial charge in [-0.3, -0.25) is 4.79 Å². The number of rotatable bonds is 8. The maximum absolute atomic E-state index is 11.0. The van der Waals surface area contributed by atoms with Crippen LogP contribution in [0.1, 0.15) is 23.1 Å². The number of aliphatic carboxylic acids is 1. The van der Waals surface area contributed by atoms with Gasteiger partial charge in [-0.05, 0) is 60.2 Å². The van der Waals surface area contributed by atoms with E-state index in [0.717, 1.165) is 40.8 Å². The van der Waals surface area contributed by atoms with Gasteiger partial charge >= 0.3 is 5.97 Å². The van der Waals surface area contributed by atoms with Gasteiger partial charge in [-0.15, -0.1) is 0 Å². The van der Waals surface area contributed by atoms with Crippen molar-refractivity contribution in [2.24, 2.45) is 0 Å². The van der Waals surface area contributed by atoms with Gasteiger partial charge in [-0.1, -0.05) is 36.4 Å². The number of anilines is 1. The van der Waals surface area contributed by atoms with Crippen LogP contribution in [-0.2, 0) is 24.1 Å². The first-order valence-corrected chi connectivity index (χ1v) is 10.5. The highest BCUT2D eigenvalue weighted by atomic mass is 16.4. The Kier molecular flexibility index (Phi) is 6.03. The highest BCUT2D eigenvalue weighted by Crippen LogP contribution is 2.28. The van der Waals surface area contributed by atoms with E-state index in [2.05, 4.69) is 58.2 Å². The standard InChI is InChI=1S/C26H27N3O2/c1-28(2)22-12-14-25(27-17-22)29-18-21(11-8-19-6-4-3-5-7-19)23-16-20(9-13-24(23)29)10-15-26(30)31/h3-7,9,12-14,16-18H,8,10-11,15H2,1-2H3,(H,30,31). The fourth-order valence-electron chi connectivity index (χ4n) is 3.85. The number of hydrogen-bond acceptors (Lipinski definition) is 3. The molecule has 0 saturated heterocycles. The lowest BCUT2D eigenvalue weighted by molar-refractivity contribution is -0.136. The van der Waals surface area contributed by atoms with Gasteiger partial charge < -0.3 is 14.6 Å². The lowest BCUT2D eigenvalue weighted by atomic mass is 10.0. The monoisotopic (exact) mass is 413 g/mol. The third-order valence-electron chi connectivity index (χ3n) is 5.60. The smallest absolute Gasteiger partial charge is 0.303 e. The van der Waals surface area contributed by atoms with Crippen LogP contribution in [0.25, 0.3) is 16.7 Å². The molecule has 0 bridgehead atoms. The van der Waals surface area contributed by atoms with Gasteiger partial charge in [-0.2, -0.15) is 0 Å². The molecule has 31 heavy (non-hydrogen) atoms.